The van der Waals surface area contributed by atoms with Crippen molar-refractivity contribution in [1.82, 2.24) is 10.3 Å². The first kappa shape index (κ1) is 15.4. The average molecular weight is 396 g/mol. The predicted octanol–water partition coefficient (Wildman–Crippen LogP) is 2.76. The van der Waals surface area contributed by atoms with Crippen LogP contribution in [0.2, 0.25) is 0 Å². The first-order valence-corrected chi connectivity index (χ1v) is 9.21. The Morgan fingerprint density at radius 2 is 2.10 bits per heavy atom. The molecule has 2 aromatic rings. The summed E-state index contributed by atoms with van der Waals surface area (Å²) in [6.45, 7) is 0.216. The van der Waals surface area contributed by atoms with Crippen LogP contribution in [0.15, 0.2) is 39.1 Å². The molecule has 2 heterocycles. The highest BCUT2D eigenvalue weighted by Crippen LogP contribution is 2.24. The van der Waals surface area contributed by atoms with E-state index in [9.17, 15) is 13.2 Å². The van der Waals surface area contributed by atoms with Gasteiger partial charge in [-0.1, -0.05) is 0 Å². The summed E-state index contributed by atoms with van der Waals surface area (Å²) in [7, 11) is 1.51. The van der Waals surface area contributed by atoms with Crippen LogP contribution >= 0.6 is 37.9 Å². The van der Waals surface area contributed by atoms with Crippen LogP contribution in [0.4, 0.5) is 0 Å². The highest BCUT2D eigenvalue weighted by atomic mass is 79.9. The molecular weight excluding hydrogens is 388 g/mol. The van der Waals surface area contributed by atoms with Gasteiger partial charge in [-0.3, -0.25) is 4.79 Å². The third-order valence-electron chi connectivity index (χ3n) is 2.26. The Balaban J connectivity index is 2.00. The van der Waals surface area contributed by atoms with E-state index in [1.165, 1.54) is 12.3 Å². The Kier molecular flexibility index (Phi) is 4.79. The highest BCUT2D eigenvalue weighted by Gasteiger charge is 2.14. The van der Waals surface area contributed by atoms with Gasteiger partial charge >= 0.3 is 0 Å². The van der Waals surface area contributed by atoms with Gasteiger partial charge in [0.1, 0.15) is 9.90 Å². The van der Waals surface area contributed by atoms with Gasteiger partial charge in [0.2, 0.25) is 0 Å². The van der Waals surface area contributed by atoms with Crippen molar-refractivity contribution in [1.29, 1.82) is 0 Å². The van der Waals surface area contributed by atoms with E-state index in [2.05, 4.69) is 26.2 Å². The molecule has 0 saturated carbocycles. The lowest BCUT2D eigenvalue weighted by Crippen LogP contribution is -2.23. The fourth-order valence-corrected chi connectivity index (χ4v) is 3.65. The lowest BCUT2D eigenvalue weighted by molar-refractivity contribution is 0.0946. The summed E-state index contributed by atoms with van der Waals surface area (Å²) in [6, 6.07) is 6.31. The lowest BCUT2D eigenvalue weighted by Gasteiger charge is -2.02. The van der Waals surface area contributed by atoms with Gasteiger partial charge in [0.25, 0.3) is 15.0 Å². The van der Waals surface area contributed by atoms with Crippen molar-refractivity contribution in [2.75, 3.05) is 0 Å². The number of hydrogen-bond donors (Lipinski definition) is 1. The summed E-state index contributed by atoms with van der Waals surface area (Å²) >= 11 is 4.25. The zero-order chi connectivity index (χ0) is 14.8. The molecule has 0 aliphatic heterocycles. The van der Waals surface area contributed by atoms with Crippen LogP contribution in [0.5, 0.6) is 0 Å². The molecule has 0 saturated heterocycles. The van der Waals surface area contributed by atoms with Gasteiger partial charge < -0.3 is 5.32 Å². The van der Waals surface area contributed by atoms with Gasteiger partial charge in [0.15, 0.2) is 0 Å². The van der Waals surface area contributed by atoms with Crippen molar-refractivity contribution in [3.8, 4) is 0 Å². The van der Waals surface area contributed by atoms with Crippen molar-refractivity contribution >= 4 is 52.9 Å². The van der Waals surface area contributed by atoms with Crippen LogP contribution in [0.3, 0.4) is 0 Å². The Bertz CT molecular complexity index is 728. The number of carbonyl (C=O) groups is 1. The van der Waals surface area contributed by atoms with Crippen molar-refractivity contribution in [2.45, 2.75) is 10.8 Å². The predicted molar refractivity (Wildman–Crippen MR) is 80.5 cm³/mol. The van der Waals surface area contributed by atoms with Crippen LogP contribution in [-0.4, -0.2) is 19.3 Å². The summed E-state index contributed by atoms with van der Waals surface area (Å²) < 4.78 is 23.1. The first-order chi connectivity index (χ1) is 9.36. The van der Waals surface area contributed by atoms with Crippen molar-refractivity contribution in [3.05, 3.63) is 45.5 Å². The second-order valence-electron chi connectivity index (χ2n) is 3.70. The fraction of sp³-hybridized carbons (Fsp3) is 0.0909. The average Bonchev–Trinajstić information content (AvgIpc) is 2.85. The van der Waals surface area contributed by atoms with Gasteiger partial charge in [-0.15, -0.1) is 11.3 Å². The molecule has 0 fully saturated rings. The van der Waals surface area contributed by atoms with E-state index in [0.29, 0.717) is 4.88 Å². The summed E-state index contributed by atoms with van der Waals surface area (Å²) in [5, 5.41) is 2.66. The number of carbonyl (C=O) groups excluding carboxylic acids is 1. The van der Waals surface area contributed by atoms with E-state index in [4.69, 9.17) is 10.7 Å². The zero-order valence-corrected chi connectivity index (χ0v) is 13.8. The molecule has 0 bridgehead atoms. The number of halogens is 2. The molecular formula is C11H8BrClN2O3S2. The van der Waals surface area contributed by atoms with E-state index in [1.807, 2.05) is 0 Å². The van der Waals surface area contributed by atoms with Gasteiger partial charge in [0.05, 0.1) is 6.54 Å². The van der Waals surface area contributed by atoms with Crippen molar-refractivity contribution in [2.24, 2.45) is 0 Å². The smallest absolute Gasteiger partial charge is 0.270 e. The quantitative estimate of drug-likeness (QED) is 0.808. The topological polar surface area (TPSA) is 76.1 Å². The summed E-state index contributed by atoms with van der Waals surface area (Å²) in [4.78, 5) is 16.5. The minimum atomic E-state index is -3.72. The number of pyridine rings is 1. The van der Waals surface area contributed by atoms with E-state index in [-0.39, 0.29) is 22.4 Å². The van der Waals surface area contributed by atoms with Gasteiger partial charge in [-0.2, -0.15) is 0 Å². The van der Waals surface area contributed by atoms with Crippen LogP contribution in [0.1, 0.15) is 15.4 Å². The maximum Gasteiger partial charge on any atom is 0.270 e. The number of amides is 1. The molecule has 0 aliphatic carbocycles. The Labute approximate surface area is 132 Å². The van der Waals surface area contributed by atoms with Crippen LogP contribution < -0.4 is 5.32 Å². The molecule has 106 valence electrons. The molecule has 5 nitrogen and oxygen atoms in total. The maximum atomic E-state index is 11.8. The summed E-state index contributed by atoms with van der Waals surface area (Å²) in [6.07, 6.45) is 1.53. The molecule has 1 amide bonds. The van der Waals surface area contributed by atoms with Crippen molar-refractivity contribution < 1.29 is 13.2 Å². The van der Waals surface area contributed by atoms with Gasteiger partial charge in [0, 0.05) is 26.2 Å². The van der Waals surface area contributed by atoms with Gasteiger partial charge in [-0.25, -0.2) is 13.4 Å². The Hall–Kier alpha value is -0.960. The molecule has 2 aromatic heterocycles. The highest BCUT2D eigenvalue weighted by molar-refractivity contribution is 9.10. The van der Waals surface area contributed by atoms with Crippen LogP contribution in [0, 0.1) is 0 Å². The second kappa shape index (κ2) is 6.21. The number of aromatic nitrogens is 1. The van der Waals surface area contributed by atoms with E-state index in [0.717, 1.165) is 15.8 Å². The number of hydrogen-bond acceptors (Lipinski definition) is 5. The molecule has 1 N–H and O–H groups in total. The summed E-state index contributed by atoms with van der Waals surface area (Å²) in [5.41, 5.74) is 0.287. The minimum absolute atomic E-state index is 0.0604. The fourth-order valence-electron chi connectivity index (χ4n) is 1.35. The molecule has 0 radical (unpaired) electrons. The standard InChI is InChI=1S/C11H8BrClN2O3S2/c12-7-1-3-9(14-5-7)11(16)15-6-8-2-4-10(19-8)20(13,17)18/h1-5H,6H2,(H,15,16). The molecule has 0 aliphatic rings. The van der Waals surface area contributed by atoms with Crippen molar-refractivity contribution in [3.63, 3.8) is 0 Å². The normalized spacial score (nSPS) is 11.3. The molecule has 20 heavy (non-hydrogen) atoms. The lowest BCUT2D eigenvalue weighted by atomic mass is 10.3. The van der Waals surface area contributed by atoms with Crippen LogP contribution in [0.25, 0.3) is 0 Å². The summed E-state index contributed by atoms with van der Waals surface area (Å²) in [5.74, 6) is -0.332. The number of thiophene rings is 1. The Morgan fingerprint density at radius 1 is 1.35 bits per heavy atom. The van der Waals surface area contributed by atoms with Crippen LogP contribution in [-0.2, 0) is 15.6 Å². The second-order valence-corrected chi connectivity index (χ2v) is 8.58. The number of nitrogens with zero attached hydrogens (tertiary/aromatic N) is 1. The monoisotopic (exact) mass is 394 g/mol. The van der Waals surface area contributed by atoms with E-state index < -0.39 is 9.05 Å². The third-order valence-corrected chi connectivity index (χ3v) is 5.91. The molecule has 0 atom stereocenters. The number of nitrogens with one attached hydrogen (secondary N) is 1. The molecule has 9 heteroatoms. The zero-order valence-electron chi connectivity index (χ0n) is 9.84. The maximum absolute atomic E-state index is 11.8. The molecule has 0 spiro atoms. The van der Waals surface area contributed by atoms with E-state index >= 15 is 0 Å². The number of rotatable bonds is 4. The van der Waals surface area contributed by atoms with E-state index in [1.54, 1.807) is 18.2 Å². The molecule has 0 unspecified atom stereocenters. The Morgan fingerprint density at radius 3 is 2.65 bits per heavy atom. The third kappa shape index (κ3) is 4.02. The molecule has 0 aromatic carbocycles. The minimum Gasteiger partial charge on any atom is -0.346 e. The first-order valence-electron chi connectivity index (χ1n) is 5.29. The SMILES string of the molecule is O=C(NCc1ccc(S(=O)(=O)Cl)s1)c1ccc(Br)cn1. The van der Waals surface area contributed by atoms with Gasteiger partial charge in [-0.05, 0) is 40.2 Å². The largest absolute Gasteiger partial charge is 0.346 e. The molecule has 2 rings (SSSR count).